The van der Waals surface area contributed by atoms with E-state index in [1.165, 1.54) is 4.90 Å². The number of pyridine rings is 1. The van der Waals surface area contributed by atoms with Crippen molar-refractivity contribution in [3.63, 3.8) is 0 Å². The third-order valence-electron chi connectivity index (χ3n) is 5.24. The van der Waals surface area contributed by atoms with Crippen LogP contribution in [-0.4, -0.2) is 32.8 Å². The molecule has 2 aromatic carbocycles. The minimum absolute atomic E-state index is 0.0400. The zero-order chi connectivity index (χ0) is 24.0. The van der Waals surface area contributed by atoms with Crippen molar-refractivity contribution in [2.75, 3.05) is 11.5 Å². The molecule has 2 amide bonds. The number of imide groups is 1. The van der Waals surface area contributed by atoms with Gasteiger partial charge in [0.15, 0.2) is 5.88 Å². The van der Waals surface area contributed by atoms with E-state index in [1.54, 1.807) is 42.5 Å². The highest BCUT2D eigenvalue weighted by Crippen LogP contribution is 2.30. The van der Waals surface area contributed by atoms with Gasteiger partial charge in [0.1, 0.15) is 5.69 Å². The molecule has 0 unspecified atom stereocenters. The summed E-state index contributed by atoms with van der Waals surface area (Å²) in [4.78, 5) is 39.1. The third-order valence-corrected chi connectivity index (χ3v) is 5.24. The van der Waals surface area contributed by atoms with Crippen molar-refractivity contribution in [2.45, 2.75) is 46.6 Å². The number of fused-ring (bicyclic) bond motifs is 2. The molecule has 8 heteroatoms. The highest BCUT2D eigenvalue weighted by Gasteiger charge is 2.39. The summed E-state index contributed by atoms with van der Waals surface area (Å²) < 4.78 is 0. The number of aromatic nitrogens is 1. The minimum Gasteiger partial charge on any atom is -0.494 e. The van der Waals surface area contributed by atoms with Crippen molar-refractivity contribution in [2.24, 2.45) is 0 Å². The van der Waals surface area contributed by atoms with E-state index in [1.807, 2.05) is 27.7 Å². The summed E-state index contributed by atoms with van der Waals surface area (Å²) in [5, 5.41) is 10.5. The van der Waals surface area contributed by atoms with Crippen LogP contribution in [0.1, 0.15) is 61.3 Å². The first-order chi connectivity index (χ1) is 15.3. The molecule has 6 N–H and O–H groups in total. The van der Waals surface area contributed by atoms with Gasteiger partial charge in [0.25, 0.3) is 17.4 Å². The maximum absolute atomic E-state index is 12.2. The Morgan fingerprint density at radius 1 is 0.906 bits per heavy atom. The van der Waals surface area contributed by atoms with Crippen molar-refractivity contribution >= 4 is 34.0 Å². The highest BCUT2D eigenvalue weighted by atomic mass is 16.3. The van der Waals surface area contributed by atoms with Crippen molar-refractivity contribution in [3.05, 3.63) is 63.9 Å². The van der Waals surface area contributed by atoms with Gasteiger partial charge < -0.3 is 16.6 Å². The van der Waals surface area contributed by atoms with Crippen LogP contribution >= 0.6 is 0 Å². The summed E-state index contributed by atoms with van der Waals surface area (Å²) in [5.74, 6) is -0.613. The molecule has 0 spiro atoms. The van der Waals surface area contributed by atoms with Crippen molar-refractivity contribution in [1.82, 2.24) is 9.88 Å². The quantitative estimate of drug-likeness (QED) is 0.361. The Kier molecular flexibility index (Phi) is 8.01. The van der Waals surface area contributed by atoms with Crippen LogP contribution in [0.25, 0.3) is 10.8 Å². The molecule has 0 saturated carbocycles. The molecule has 0 bridgehead atoms. The summed E-state index contributed by atoms with van der Waals surface area (Å²) in [6.45, 7) is 7.95. The monoisotopic (exact) mass is 438 g/mol. The Morgan fingerprint density at radius 3 is 2.06 bits per heavy atom. The first kappa shape index (κ1) is 24.5. The summed E-state index contributed by atoms with van der Waals surface area (Å²) >= 11 is 0. The van der Waals surface area contributed by atoms with Gasteiger partial charge in [-0.1, -0.05) is 52.0 Å². The first-order valence-electron chi connectivity index (χ1n) is 10.7. The van der Waals surface area contributed by atoms with E-state index in [0.717, 1.165) is 12.8 Å². The van der Waals surface area contributed by atoms with E-state index in [9.17, 15) is 19.5 Å². The number of rotatable bonds is 3. The summed E-state index contributed by atoms with van der Waals surface area (Å²) in [6.07, 6.45) is 1.53. The minimum atomic E-state index is -0.462. The van der Waals surface area contributed by atoms with E-state index >= 15 is 0 Å². The second-order valence-corrected chi connectivity index (χ2v) is 6.98. The molecule has 170 valence electrons. The Bertz CT molecular complexity index is 1180. The molecule has 2 heterocycles. The van der Waals surface area contributed by atoms with E-state index in [2.05, 4.69) is 4.98 Å². The fourth-order valence-electron chi connectivity index (χ4n) is 3.60. The van der Waals surface area contributed by atoms with Gasteiger partial charge in [-0.3, -0.25) is 24.3 Å². The van der Waals surface area contributed by atoms with E-state index in [0.29, 0.717) is 27.6 Å². The lowest BCUT2D eigenvalue weighted by molar-refractivity contribution is 0.0576. The molecule has 1 aliphatic rings. The number of carbonyl (C=O) groups excluding carboxylic acids is 2. The van der Waals surface area contributed by atoms with Gasteiger partial charge in [-0.25, -0.2) is 0 Å². The number of hydrogen-bond acceptors (Lipinski definition) is 6. The molecule has 3 aromatic rings. The fraction of sp³-hybridized carbons (Fsp3) is 0.292. The van der Waals surface area contributed by atoms with Crippen LogP contribution in [-0.2, 0) is 0 Å². The van der Waals surface area contributed by atoms with Gasteiger partial charge in [0.05, 0.1) is 11.1 Å². The van der Waals surface area contributed by atoms with Crippen LogP contribution in [0.3, 0.4) is 0 Å². The Labute approximate surface area is 186 Å². The van der Waals surface area contributed by atoms with Gasteiger partial charge in [-0.15, -0.1) is 0 Å². The van der Waals surface area contributed by atoms with Gasteiger partial charge in [0, 0.05) is 22.5 Å². The average Bonchev–Trinajstić information content (AvgIpc) is 3.06. The summed E-state index contributed by atoms with van der Waals surface area (Å²) in [7, 11) is 0. The molecule has 32 heavy (non-hydrogen) atoms. The normalized spacial score (nSPS) is 12.2. The highest BCUT2D eigenvalue weighted by molar-refractivity contribution is 6.23. The van der Waals surface area contributed by atoms with Gasteiger partial charge in [0.2, 0.25) is 0 Å². The summed E-state index contributed by atoms with van der Waals surface area (Å²) in [6, 6.07) is 11.9. The van der Waals surface area contributed by atoms with Crippen molar-refractivity contribution in [3.8, 4) is 5.88 Å². The number of H-pyrrole nitrogens is 1. The maximum Gasteiger partial charge on any atom is 0.274 e. The Balaban J connectivity index is 0.000000217. The number of benzene rings is 2. The Morgan fingerprint density at radius 2 is 1.50 bits per heavy atom. The second kappa shape index (κ2) is 10.5. The lowest BCUT2D eigenvalue weighted by atomic mass is 10.1. The predicted molar refractivity (Wildman–Crippen MR) is 128 cm³/mol. The lowest BCUT2D eigenvalue weighted by Crippen LogP contribution is -2.39. The molecule has 1 aromatic heterocycles. The average molecular weight is 439 g/mol. The molecule has 8 nitrogen and oxygen atoms in total. The van der Waals surface area contributed by atoms with Crippen LogP contribution in [0.5, 0.6) is 5.88 Å². The number of amides is 2. The van der Waals surface area contributed by atoms with Crippen LogP contribution in [0.2, 0.25) is 0 Å². The van der Waals surface area contributed by atoms with Gasteiger partial charge in [-0.2, -0.15) is 0 Å². The lowest BCUT2D eigenvalue weighted by Gasteiger charge is -2.23. The second-order valence-electron chi connectivity index (χ2n) is 6.98. The molecular weight excluding hydrogens is 408 g/mol. The van der Waals surface area contributed by atoms with Crippen LogP contribution in [0.4, 0.5) is 11.4 Å². The zero-order valence-electron chi connectivity index (χ0n) is 18.8. The molecule has 0 fully saturated rings. The van der Waals surface area contributed by atoms with Gasteiger partial charge in [-0.05, 0) is 31.0 Å². The van der Waals surface area contributed by atoms with Crippen LogP contribution in [0, 0.1) is 0 Å². The number of aromatic amines is 1. The number of nitrogens with one attached hydrogen (secondary N) is 1. The smallest absolute Gasteiger partial charge is 0.274 e. The fourth-order valence-corrected chi connectivity index (χ4v) is 3.60. The first-order valence-corrected chi connectivity index (χ1v) is 10.7. The maximum atomic E-state index is 12.2. The van der Waals surface area contributed by atoms with Crippen LogP contribution in [0.15, 0.2) is 47.3 Å². The number of hydrogen-bond donors (Lipinski definition) is 4. The number of carbonyl (C=O) groups is 2. The molecule has 0 radical (unpaired) electrons. The predicted octanol–water partition coefficient (Wildman–Crippen LogP) is 3.90. The van der Waals surface area contributed by atoms with E-state index in [-0.39, 0.29) is 29.4 Å². The molecule has 1 aliphatic heterocycles. The number of nitrogen functional groups attached to an aromatic ring is 2. The molecule has 0 aliphatic carbocycles. The molecule has 0 saturated heterocycles. The topological polar surface area (TPSA) is 143 Å². The SMILES string of the molecule is CC.CCC(CC)N1C(=O)c2cccc(N)c2C1=O.Nc1c(=O)[nH]c(O)c2ccccc12. The number of aromatic hydroxyl groups is 1. The Hall–Kier alpha value is -3.81. The molecule has 0 atom stereocenters. The van der Waals surface area contributed by atoms with Gasteiger partial charge >= 0.3 is 0 Å². The zero-order valence-corrected chi connectivity index (χ0v) is 18.8. The molecular formula is C24H30N4O4. The molecule has 4 rings (SSSR count). The van der Waals surface area contributed by atoms with E-state index in [4.69, 9.17) is 11.5 Å². The van der Waals surface area contributed by atoms with Crippen molar-refractivity contribution in [1.29, 1.82) is 0 Å². The number of nitrogens with two attached hydrogens (primary N) is 2. The standard InChI is InChI=1S/C13H16N2O2.C9H8N2O2.C2H6/c1-3-8(4-2)15-12(16)9-6-5-7-10(14)11(9)13(15)17;10-7-5-3-1-2-4-6(5)8(12)11-9(7)13;1-2/h5-8H,3-4,14H2,1-2H3;1-4H,10H2,(H2,11,12,13);1-2H3. The number of anilines is 2. The number of nitrogens with zero attached hydrogens (tertiary/aromatic N) is 1. The largest absolute Gasteiger partial charge is 0.494 e. The van der Waals surface area contributed by atoms with Crippen LogP contribution < -0.4 is 17.0 Å². The van der Waals surface area contributed by atoms with Crippen molar-refractivity contribution < 1.29 is 14.7 Å². The third kappa shape index (κ3) is 4.44. The van der Waals surface area contributed by atoms with E-state index < -0.39 is 5.56 Å². The summed E-state index contributed by atoms with van der Waals surface area (Å²) in [5.41, 5.74) is 12.2.